The monoisotopic (exact) mass is 401 g/mol. The highest BCUT2D eigenvalue weighted by Gasteiger charge is 2.44. The molecule has 5 rings (SSSR count). The van der Waals surface area contributed by atoms with E-state index >= 15 is 0 Å². The van der Waals surface area contributed by atoms with E-state index < -0.39 is 0 Å². The summed E-state index contributed by atoms with van der Waals surface area (Å²) in [6, 6.07) is 0.177. The molecule has 1 amide bonds. The summed E-state index contributed by atoms with van der Waals surface area (Å²) in [4.78, 5) is 20.9. The molecule has 28 heavy (non-hydrogen) atoms. The van der Waals surface area contributed by atoms with Crippen molar-refractivity contribution >= 4 is 17.2 Å². The van der Waals surface area contributed by atoms with Crippen LogP contribution in [-0.2, 0) is 16.1 Å². The lowest BCUT2D eigenvalue weighted by Crippen LogP contribution is -2.51. The Labute approximate surface area is 171 Å². The van der Waals surface area contributed by atoms with E-state index in [0.717, 1.165) is 57.8 Å². The Morgan fingerprint density at radius 3 is 2.71 bits per heavy atom. The Balaban J connectivity index is 1.22. The number of ether oxygens (including phenoxy) is 1. The Morgan fingerprint density at radius 1 is 1.21 bits per heavy atom. The fourth-order valence-electron chi connectivity index (χ4n) is 5.19. The van der Waals surface area contributed by atoms with Gasteiger partial charge in [0, 0.05) is 43.2 Å². The Kier molecular flexibility index (Phi) is 5.53. The van der Waals surface area contributed by atoms with Gasteiger partial charge in [0.2, 0.25) is 5.91 Å². The highest BCUT2D eigenvalue weighted by Crippen LogP contribution is 2.39. The number of nitrogens with one attached hydrogen (secondary N) is 1. The van der Waals surface area contributed by atoms with Crippen LogP contribution >= 0.6 is 11.3 Å². The first-order valence-electron chi connectivity index (χ1n) is 10.9. The summed E-state index contributed by atoms with van der Waals surface area (Å²) < 4.78 is 6.38. The Morgan fingerprint density at radius 2 is 2.00 bits per heavy atom. The van der Waals surface area contributed by atoms with E-state index in [4.69, 9.17) is 4.74 Å². The van der Waals surface area contributed by atoms with Crippen LogP contribution in [0.3, 0.4) is 0 Å². The number of rotatable bonds is 7. The maximum atomic E-state index is 12.8. The maximum absolute atomic E-state index is 12.8. The van der Waals surface area contributed by atoms with Crippen molar-refractivity contribution in [2.75, 3.05) is 19.7 Å². The zero-order valence-electron chi connectivity index (χ0n) is 16.5. The van der Waals surface area contributed by atoms with Crippen LogP contribution < -0.4 is 5.32 Å². The molecule has 0 unspecified atom stereocenters. The molecule has 1 aliphatic heterocycles. The number of nitrogens with zero attached hydrogens (tertiary/aromatic N) is 2. The molecule has 1 saturated heterocycles. The van der Waals surface area contributed by atoms with Gasteiger partial charge in [0.25, 0.3) is 0 Å². The molecule has 0 radical (unpaired) electrons. The van der Waals surface area contributed by atoms with Crippen molar-refractivity contribution in [1.29, 1.82) is 0 Å². The first-order valence-corrected chi connectivity index (χ1v) is 11.8. The molecular formula is C22H31N3O2S. The normalized spacial score (nSPS) is 33.3. The van der Waals surface area contributed by atoms with Crippen molar-refractivity contribution in [3.8, 4) is 0 Å². The first-order chi connectivity index (χ1) is 13.7. The second-order valence-electron chi connectivity index (χ2n) is 9.22. The van der Waals surface area contributed by atoms with Crippen molar-refractivity contribution < 1.29 is 9.53 Å². The summed E-state index contributed by atoms with van der Waals surface area (Å²) in [6.07, 6.45) is 13.0. The van der Waals surface area contributed by atoms with Crippen LogP contribution in [0.1, 0.15) is 43.4 Å². The van der Waals surface area contributed by atoms with E-state index in [1.807, 2.05) is 11.7 Å². The highest BCUT2D eigenvalue weighted by molar-refractivity contribution is 7.09. The molecular weight excluding hydrogens is 370 g/mol. The van der Waals surface area contributed by atoms with Gasteiger partial charge in [-0.3, -0.25) is 14.7 Å². The lowest BCUT2D eigenvalue weighted by molar-refractivity contribution is -0.127. The summed E-state index contributed by atoms with van der Waals surface area (Å²) in [7, 11) is 0. The van der Waals surface area contributed by atoms with E-state index in [0.29, 0.717) is 11.8 Å². The minimum absolute atomic E-state index is 0.133. The standard InChI is InChI=1S/C22H31N3O2S/c26-22(16-3-1-2-4-16)24-20-7-17-10-25(12-19-9-23-14-28-19)11-18(17)8-21(20)27-13-15-5-6-15/h1-2,9,14-18,20-21H,3-8,10-13H2,(H,24,26)/t17-,18+,20-,21-/m0/s1. The summed E-state index contributed by atoms with van der Waals surface area (Å²) in [5.41, 5.74) is 1.92. The summed E-state index contributed by atoms with van der Waals surface area (Å²) in [5, 5.41) is 3.40. The second kappa shape index (κ2) is 8.25. The largest absolute Gasteiger partial charge is 0.376 e. The van der Waals surface area contributed by atoms with E-state index in [2.05, 4.69) is 27.4 Å². The second-order valence-corrected chi connectivity index (χ2v) is 10.2. The lowest BCUT2D eigenvalue weighted by Gasteiger charge is -2.38. The summed E-state index contributed by atoms with van der Waals surface area (Å²) in [5.74, 6) is 2.49. The van der Waals surface area contributed by atoms with Crippen molar-refractivity contribution in [2.45, 2.75) is 57.2 Å². The van der Waals surface area contributed by atoms with Gasteiger partial charge in [0.1, 0.15) is 0 Å². The number of fused-ring (bicyclic) bond motifs is 1. The molecule has 152 valence electrons. The molecule has 6 heteroatoms. The Hall–Kier alpha value is -1.24. The molecule has 4 atom stereocenters. The van der Waals surface area contributed by atoms with Crippen molar-refractivity contribution in [3.63, 3.8) is 0 Å². The molecule has 3 aliphatic carbocycles. The fourth-order valence-corrected chi connectivity index (χ4v) is 5.83. The smallest absolute Gasteiger partial charge is 0.224 e. The predicted octanol–water partition coefficient (Wildman–Crippen LogP) is 3.23. The quantitative estimate of drug-likeness (QED) is 0.713. The molecule has 1 N–H and O–H groups in total. The van der Waals surface area contributed by atoms with Gasteiger partial charge in [0.15, 0.2) is 0 Å². The van der Waals surface area contributed by atoms with Crippen LogP contribution in [0.2, 0.25) is 0 Å². The zero-order chi connectivity index (χ0) is 18.9. The number of aromatic nitrogens is 1. The minimum atomic E-state index is 0.133. The van der Waals surface area contributed by atoms with Gasteiger partial charge in [-0.25, -0.2) is 0 Å². The number of carbonyl (C=O) groups excluding carboxylic acids is 1. The highest BCUT2D eigenvalue weighted by atomic mass is 32.1. The number of allylic oxidation sites excluding steroid dienone is 2. The third kappa shape index (κ3) is 4.34. The van der Waals surface area contributed by atoms with Crippen LogP contribution in [0.5, 0.6) is 0 Å². The number of likely N-dealkylation sites (tertiary alicyclic amines) is 1. The molecule has 1 aromatic rings. The van der Waals surface area contributed by atoms with Crippen LogP contribution in [0.15, 0.2) is 23.9 Å². The van der Waals surface area contributed by atoms with Gasteiger partial charge in [-0.1, -0.05) is 12.2 Å². The van der Waals surface area contributed by atoms with E-state index in [9.17, 15) is 4.79 Å². The molecule has 4 aliphatic rings. The minimum Gasteiger partial charge on any atom is -0.376 e. The van der Waals surface area contributed by atoms with E-state index in [1.54, 1.807) is 11.3 Å². The number of amides is 1. The van der Waals surface area contributed by atoms with Crippen LogP contribution in [-0.4, -0.2) is 47.6 Å². The van der Waals surface area contributed by atoms with Gasteiger partial charge < -0.3 is 10.1 Å². The van der Waals surface area contributed by atoms with E-state index in [-0.39, 0.29) is 24.0 Å². The third-order valence-corrected chi connectivity index (χ3v) is 7.77. The average Bonchev–Trinajstić information content (AvgIpc) is 3.09. The van der Waals surface area contributed by atoms with Crippen molar-refractivity contribution in [1.82, 2.24) is 15.2 Å². The first kappa shape index (κ1) is 18.8. The lowest BCUT2D eigenvalue weighted by atomic mass is 9.77. The third-order valence-electron chi connectivity index (χ3n) is 7.00. The Bertz CT molecular complexity index is 695. The SMILES string of the molecule is O=C(N[C@H]1C[C@H]2CN(Cc3cncs3)C[C@H]2C[C@@H]1OCC1CC1)C1CC=CC1. The molecule has 5 nitrogen and oxygen atoms in total. The van der Waals surface area contributed by atoms with Crippen LogP contribution in [0, 0.1) is 23.7 Å². The predicted molar refractivity (Wildman–Crippen MR) is 110 cm³/mol. The zero-order valence-corrected chi connectivity index (χ0v) is 17.3. The number of hydrogen-bond donors (Lipinski definition) is 1. The molecule has 3 fully saturated rings. The molecule has 0 bridgehead atoms. The number of thiazole rings is 1. The fraction of sp³-hybridized carbons (Fsp3) is 0.727. The molecule has 1 aromatic heterocycles. The van der Waals surface area contributed by atoms with Crippen LogP contribution in [0.4, 0.5) is 0 Å². The van der Waals surface area contributed by atoms with Gasteiger partial charge in [0.05, 0.1) is 17.7 Å². The summed E-state index contributed by atoms with van der Waals surface area (Å²) >= 11 is 1.74. The number of hydrogen-bond acceptors (Lipinski definition) is 5. The number of carbonyl (C=O) groups is 1. The van der Waals surface area contributed by atoms with Gasteiger partial charge in [-0.15, -0.1) is 11.3 Å². The van der Waals surface area contributed by atoms with Crippen molar-refractivity contribution in [2.24, 2.45) is 23.7 Å². The van der Waals surface area contributed by atoms with Gasteiger partial charge in [-0.2, -0.15) is 0 Å². The topological polar surface area (TPSA) is 54.5 Å². The average molecular weight is 402 g/mol. The van der Waals surface area contributed by atoms with Crippen LogP contribution in [0.25, 0.3) is 0 Å². The van der Waals surface area contributed by atoms with Gasteiger partial charge >= 0.3 is 0 Å². The molecule has 0 spiro atoms. The molecule has 2 saturated carbocycles. The van der Waals surface area contributed by atoms with Gasteiger partial charge in [-0.05, 0) is 56.3 Å². The molecule has 0 aromatic carbocycles. The molecule has 2 heterocycles. The summed E-state index contributed by atoms with van der Waals surface area (Å²) in [6.45, 7) is 4.17. The van der Waals surface area contributed by atoms with E-state index in [1.165, 1.54) is 17.7 Å². The van der Waals surface area contributed by atoms with Crippen molar-refractivity contribution in [3.05, 3.63) is 28.7 Å². The maximum Gasteiger partial charge on any atom is 0.224 e.